The molecule has 9 aromatic rings. The zero-order valence-corrected chi connectivity index (χ0v) is 35.1. The van der Waals surface area contributed by atoms with E-state index in [0.29, 0.717) is 0 Å². The average Bonchev–Trinajstić information content (AvgIpc) is 3.90. The van der Waals surface area contributed by atoms with Gasteiger partial charge in [-0.3, -0.25) is 0 Å². The average molecular weight is 778 g/mol. The molecule has 0 radical (unpaired) electrons. The van der Waals surface area contributed by atoms with Crippen molar-refractivity contribution in [3.63, 3.8) is 0 Å². The minimum absolute atomic E-state index is 0.0310. The smallest absolute Gasteiger partial charge is 0.252 e. The molecule has 0 amide bonds. The Morgan fingerprint density at radius 3 is 1.08 bits per heavy atom. The molecular formula is C54H48BN5. The van der Waals surface area contributed by atoms with Crippen LogP contribution < -0.4 is 31.1 Å². The molecule has 11 rings (SSSR count). The summed E-state index contributed by atoms with van der Waals surface area (Å²) in [5.74, 6) is 0. The normalized spacial score (nSPS) is 12.8. The van der Waals surface area contributed by atoms with Crippen molar-refractivity contribution >= 4 is 84.7 Å². The molecule has 5 nitrogen and oxygen atoms in total. The van der Waals surface area contributed by atoms with Gasteiger partial charge in [-0.2, -0.15) is 0 Å². The van der Waals surface area contributed by atoms with Crippen LogP contribution in [0, 0.1) is 0 Å². The number of hydrogen-bond acceptors (Lipinski definition) is 3. The maximum Gasteiger partial charge on any atom is 0.252 e. The molecule has 0 bridgehead atoms. The summed E-state index contributed by atoms with van der Waals surface area (Å²) < 4.78 is 4.97. The SMILES string of the molecule is CC(C)(C)N(c1cc2c3c(c1)-n1ccc4c(N(c5ccccc5)c5ccccc5)ccc(c41)B3c1ccc(N(c3ccccc3)c3ccccc3)c3ccn-2c13)C(C)(C)C. The number of rotatable bonds is 7. The van der Waals surface area contributed by atoms with Crippen LogP contribution in [0.15, 0.2) is 182 Å². The Morgan fingerprint density at radius 1 is 0.400 bits per heavy atom. The van der Waals surface area contributed by atoms with Crippen LogP contribution in [-0.4, -0.2) is 26.9 Å². The standard InChI is InChI=1S/C54H48BN5/c1-53(2,3)60(54(4,5)6)41-35-48-50-49(36-41)57-34-32-43-47(59(39-23-15-9-16-24-39)40-25-17-10-18-26-40)30-28-45(52(43)57)55(50)44-27-29-46(42-31-33-56(48)51(42)44)58(37-19-11-7-12-20-37)38-21-13-8-14-22-38/h7-36H,1-6H3. The quantitative estimate of drug-likeness (QED) is 0.150. The molecular weight excluding hydrogens is 729 g/mol. The molecule has 0 saturated carbocycles. The van der Waals surface area contributed by atoms with E-state index in [0.717, 1.165) is 34.1 Å². The van der Waals surface area contributed by atoms with Crippen LogP contribution in [0.1, 0.15) is 41.5 Å². The number of nitrogens with zero attached hydrogens (tertiary/aromatic N) is 5. The lowest BCUT2D eigenvalue weighted by molar-refractivity contribution is 0.381. The number of fused-ring (bicyclic) bond motifs is 4. The maximum atomic E-state index is 2.60. The predicted molar refractivity (Wildman–Crippen MR) is 256 cm³/mol. The van der Waals surface area contributed by atoms with E-state index in [1.54, 1.807) is 0 Å². The second-order valence-electron chi connectivity index (χ2n) is 18.3. The molecule has 0 fully saturated rings. The number of hydrogen-bond donors (Lipinski definition) is 0. The highest BCUT2D eigenvalue weighted by molar-refractivity contribution is 7.00. The molecule has 2 aliphatic heterocycles. The third kappa shape index (κ3) is 5.47. The van der Waals surface area contributed by atoms with E-state index < -0.39 is 0 Å². The minimum Gasteiger partial charge on any atom is -0.362 e. The summed E-state index contributed by atoms with van der Waals surface area (Å²) in [6.07, 6.45) is 4.61. The zero-order chi connectivity index (χ0) is 40.9. The van der Waals surface area contributed by atoms with Crippen molar-refractivity contribution in [2.75, 3.05) is 14.7 Å². The molecule has 2 aliphatic rings. The van der Waals surface area contributed by atoms with Crippen molar-refractivity contribution in [1.82, 2.24) is 9.13 Å². The lowest BCUT2D eigenvalue weighted by atomic mass is 9.34. The van der Waals surface area contributed by atoms with E-state index >= 15 is 0 Å². The highest BCUT2D eigenvalue weighted by Crippen LogP contribution is 2.45. The first-order valence-corrected chi connectivity index (χ1v) is 21.2. The summed E-state index contributed by atoms with van der Waals surface area (Å²) in [6.45, 7) is 14.0. The fourth-order valence-corrected chi connectivity index (χ4v) is 10.7. The highest BCUT2D eigenvalue weighted by atomic mass is 15.2. The van der Waals surface area contributed by atoms with Crippen LogP contribution >= 0.6 is 0 Å². The molecule has 0 aliphatic carbocycles. The Hall–Kier alpha value is -6.92. The van der Waals surface area contributed by atoms with E-state index in [1.165, 1.54) is 55.3 Å². The molecule has 0 N–H and O–H groups in total. The largest absolute Gasteiger partial charge is 0.362 e. The molecule has 2 aromatic heterocycles. The molecule has 4 heterocycles. The fourth-order valence-electron chi connectivity index (χ4n) is 10.7. The molecule has 292 valence electrons. The van der Waals surface area contributed by atoms with Gasteiger partial charge < -0.3 is 23.8 Å². The van der Waals surface area contributed by atoms with Crippen LogP contribution in [-0.2, 0) is 0 Å². The van der Waals surface area contributed by atoms with Crippen molar-refractivity contribution in [2.45, 2.75) is 52.6 Å². The van der Waals surface area contributed by atoms with Crippen LogP contribution in [0.3, 0.4) is 0 Å². The first kappa shape index (κ1) is 36.2. The van der Waals surface area contributed by atoms with Gasteiger partial charge >= 0.3 is 0 Å². The first-order valence-electron chi connectivity index (χ1n) is 21.2. The molecule has 0 spiro atoms. The Labute approximate surface area is 353 Å². The number of para-hydroxylation sites is 4. The van der Waals surface area contributed by atoms with Gasteiger partial charge in [-0.1, -0.05) is 84.9 Å². The van der Waals surface area contributed by atoms with E-state index in [9.17, 15) is 0 Å². The Bertz CT molecular complexity index is 2780. The molecule has 0 atom stereocenters. The van der Waals surface area contributed by atoms with Gasteiger partial charge in [0.25, 0.3) is 6.71 Å². The Morgan fingerprint density at radius 2 is 0.750 bits per heavy atom. The van der Waals surface area contributed by atoms with Gasteiger partial charge in [0.05, 0.1) is 22.4 Å². The van der Waals surface area contributed by atoms with Crippen LogP contribution in [0.25, 0.3) is 33.2 Å². The Balaban J connectivity index is 1.21. The lowest BCUT2D eigenvalue weighted by Crippen LogP contribution is -2.60. The summed E-state index contributed by atoms with van der Waals surface area (Å²) in [7, 11) is 0. The zero-order valence-electron chi connectivity index (χ0n) is 35.1. The fraction of sp³-hybridized carbons (Fsp3) is 0.148. The van der Waals surface area contributed by atoms with Crippen LogP contribution in [0.4, 0.5) is 39.8 Å². The van der Waals surface area contributed by atoms with Gasteiger partial charge in [0.2, 0.25) is 0 Å². The van der Waals surface area contributed by atoms with Gasteiger partial charge in [-0.05, 0) is 143 Å². The predicted octanol–water partition coefficient (Wildman–Crippen LogP) is 12.1. The van der Waals surface area contributed by atoms with Crippen molar-refractivity contribution in [1.29, 1.82) is 0 Å². The second kappa shape index (κ2) is 13.3. The molecule has 6 heteroatoms. The van der Waals surface area contributed by atoms with Gasteiger partial charge in [-0.25, -0.2) is 0 Å². The number of aromatic nitrogens is 2. The molecule has 7 aromatic carbocycles. The highest BCUT2D eigenvalue weighted by Gasteiger charge is 2.42. The summed E-state index contributed by atoms with van der Waals surface area (Å²) in [5.41, 5.74) is 16.8. The second-order valence-corrected chi connectivity index (χ2v) is 18.3. The third-order valence-electron chi connectivity index (χ3n) is 12.4. The molecule has 60 heavy (non-hydrogen) atoms. The van der Waals surface area contributed by atoms with Gasteiger partial charge in [0.15, 0.2) is 0 Å². The summed E-state index contributed by atoms with van der Waals surface area (Å²) in [4.78, 5) is 7.41. The van der Waals surface area contributed by atoms with E-state index in [-0.39, 0.29) is 17.8 Å². The summed E-state index contributed by atoms with van der Waals surface area (Å²) >= 11 is 0. The van der Waals surface area contributed by atoms with Crippen molar-refractivity contribution in [3.8, 4) is 11.4 Å². The summed E-state index contributed by atoms with van der Waals surface area (Å²) in [6, 6.07) is 62.2. The van der Waals surface area contributed by atoms with E-state index in [1.807, 2.05) is 0 Å². The third-order valence-corrected chi connectivity index (χ3v) is 12.4. The number of benzene rings is 7. The Kier molecular flexibility index (Phi) is 8.02. The first-order chi connectivity index (χ1) is 29.1. The van der Waals surface area contributed by atoms with Gasteiger partial charge in [0, 0.05) is 74.1 Å². The van der Waals surface area contributed by atoms with Crippen LogP contribution in [0.2, 0.25) is 0 Å². The monoisotopic (exact) mass is 777 g/mol. The van der Waals surface area contributed by atoms with Crippen molar-refractivity contribution < 1.29 is 0 Å². The minimum atomic E-state index is -0.131. The van der Waals surface area contributed by atoms with E-state index in [2.05, 4.69) is 248 Å². The van der Waals surface area contributed by atoms with Crippen molar-refractivity contribution in [3.05, 3.63) is 182 Å². The molecule has 0 saturated heterocycles. The van der Waals surface area contributed by atoms with Crippen LogP contribution in [0.5, 0.6) is 0 Å². The summed E-state index contributed by atoms with van der Waals surface area (Å²) in [5, 5.41) is 2.46. The van der Waals surface area contributed by atoms with E-state index in [4.69, 9.17) is 0 Å². The molecule has 0 unspecified atom stereocenters. The van der Waals surface area contributed by atoms with Crippen molar-refractivity contribution in [2.24, 2.45) is 0 Å². The van der Waals surface area contributed by atoms with Gasteiger partial charge in [-0.15, -0.1) is 0 Å². The number of anilines is 7. The topological polar surface area (TPSA) is 19.6 Å². The lowest BCUT2D eigenvalue weighted by Gasteiger charge is -2.48. The maximum absolute atomic E-state index is 2.60. The van der Waals surface area contributed by atoms with Gasteiger partial charge in [0.1, 0.15) is 0 Å².